The van der Waals surface area contributed by atoms with E-state index in [-0.39, 0.29) is 5.54 Å². The van der Waals surface area contributed by atoms with Crippen molar-refractivity contribution >= 4 is 0 Å². The molecule has 21 heavy (non-hydrogen) atoms. The van der Waals surface area contributed by atoms with Crippen molar-refractivity contribution in [3.63, 3.8) is 0 Å². The summed E-state index contributed by atoms with van der Waals surface area (Å²) in [6.07, 6.45) is 4.59. The number of aliphatic hydroxyl groups is 1. The Morgan fingerprint density at radius 1 is 1.33 bits per heavy atom. The molecule has 1 unspecified atom stereocenters. The summed E-state index contributed by atoms with van der Waals surface area (Å²) in [5, 5.41) is 13.8. The molecule has 0 saturated heterocycles. The number of likely N-dealkylation sites (N-methyl/N-ethyl adjacent to an activating group) is 1. The van der Waals surface area contributed by atoms with Gasteiger partial charge in [0.1, 0.15) is 5.75 Å². The number of ether oxygens (including phenoxy) is 1. The van der Waals surface area contributed by atoms with Crippen LogP contribution in [0.5, 0.6) is 5.75 Å². The van der Waals surface area contributed by atoms with Crippen molar-refractivity contribution < 1.29 is 9.84 Å². The summed E-state index contributed by atoms with van der Waals surface area (Å²) in [6.45, 7) is 1.50. The van der Waals surface area contributed by atoms with Gasteiger partial charge < -0.3 is 20.1 Å². The monoisotopic (exact) mass is 292 g/mol. The number of hydrogen-bond donors (Lipinski definition) is 2. The Morgan fingerprint density at radius 2 is 2.05 bits per heavy atom. The first-order valence-electron chi connectivity index (χ1n) is 7.77. The standard InChI is InChI=1S/C17H28N2O2/c1-19(2)17(9-4-5-10-17)13-18-12-16(20)14-7-6-8-15(11-14)21-3/h6-8,11,16,18,20H,4-5,9-10,12-13H2,1-3H3. The van der Waals surface area contributed by atoms with Gasteiger partial charge in [-0.25, -0.2) is 0 Å². The zero-order chi connectivity index (χ0) is 15.3. The molecule has 0 radical (unpaired) electrons. The molecule has 1 atom stereocenters. The first-order chi connectivity index (χ1) is 10.1. The lowest BCUT2D eigenvalue weighted by molar-refractivity contribution is 0.134. The average molecular weight is 292 g/mol. The van der Waals surface area contributed by atoms with Crippen LogP contribution in [0.4, 0.5) is 0 Å². The van der Waals surface area contributed by atoms with Crippen LogP contribution < -0.4 is 10.1 Å². The highest BCUT2D eigenvalue weighted by Crippen LogP contribution is 2.33. The first-order valence-corrected chi connectivity index (χ1v) is 7.77. The fourth-order valence-electron chi connectivity index (χ4n) is 3.22. The van der Waals surface area contributed by atoms with Gasteiger partial charge in [-0.1, -0.05) is 25.0 Å². The van der Waals surface area contributed by atoms with Crippen LogP contribution in [-0.4, -0.2) is 49.8 Å². The zero-order valence-electron chi connectivity index (χ0n) is 13.4. The maximum atomic E-state index is 10.3. The van der Waals surface area contributed by atoms with Crippen LogP contribution in [-0.2, 0) is 0 Å². The van der Waals surface area contributed by atoms with E-state index in [1.807, 2.05) is 24.3 Å². The summed E-state index contributed by atoms with van der Waals surface area (Å²) in [5.74, 6) is 0.784. The van der Waals surface area contributed by atoms with Crippen molar-refractivity contribution in [2.75, 3.05) is 34.3 Å². The Labute approximate surface area is 128 Å². The van der Waals surface area contributed by atoms with Crippen LogP contribution in [0.3, 0.4) is 0 Å². The van der Waals surface area contributed by atoms with Gasteiger partial charge in [0.2, 0.25) is 0 Å². The molecule has 0 aliphatic heterocycles. The smallest absolute Gasteiger partial charge is 0.119 e. The Hall–Kier alpha value is -1.10. The largest absolute Gasteiger partial charge is 0.497 e. The van der Waals surface area contributed by atoms with Gasteiger partial charge in [-0.3, -0.25) is 0 Å². The molecule has 1 aliphatic carbocycles. The van der Waals surface area contributed by atoms with Crippen molar-refractivity contribution in [2.45, 2.75) is 37.3 Å². The van der Waals surface area contributed by atoms with E-state index in [0.29, 0.717) is 6.54 Å². The lowest BCUT2D eigenvalue weighted by Crippen LogP contribution is -2.50. The summed E-state index contributed by atoms with van der Waals surface area (Å²) >= 11 is 0. The van der Waals surface area contributed by atoms with E-state index in [1.165, 1.54) is 25.7 Å². The molecule has 1 saturated carbocycles. The van der Waals surface area contributed by atoms with Crippen LogP contribution in [0.1, 0.15) is 37.4 Å². The van der Waals surface area contributed by atoms with Crippen LogP contribution in [0.2, 0.25) is 0 Å². The molecule has 2 N–H and O–H groups in total. The second-order valence-corrected chi connectivity index (χ2v) is 6.25. The molecule has 0 spiro atoms. The third kappa shape index (κ3) is 3.96. The molecular formula is C17H28N2O2. The Bertz CT molecular complexity index is 442. The van der Waals surface area contributed by atoms with E-state index in [9.17, 15) is 5.11 Å². The van der Waals surface area contributed by atoms with E-state index < -0.39 is 6.10 Å². The molecule has 0 bridgehead atoms. The van der Waals surface area contributed by atoms with E-state index >= 15 is 0 Å². The lowest BCUT2D eigenvalue weighted by Gasteiger charge is -2.37. The number of rotatable bonds is 7. The molecule has 1 aromatic rings. The minimum Gasteiger partial charge on any atom is -0.497 e. The summed E-state index contributed by atoms with van der Waals surface area (Å²) < 4.78 is 5.20. The van der Waals surface area contributed by atoms with Crippen molar-refractivity contribution in [2.24, 2.45) is 0 Å². The van der Waals surface area contributed by atoms with Crippen LogP contribution in [0.25, 0.3) is 0 Å². The summed E-state index contributed by atoms with van der Waals surface area (Å²) in [4.78, 5) is 2.34. The molecule has 1 aromatic carbocycles. The Balaban J connectivity index is 1.87. The van der Waals surface area contributed by atoms with Gasteiger partial charge >= 0.3 is 0 Å². The highest BCUT2D eigenvalue weighted by Gasteiger charge is 2.35. The molecule has 1 aliphatic rings. The van der Waals surface area contributed by atoms with Crippen LogP contribution in [0.15, 0.2) is 24.3 Å². The predicted octanol–water partition coefficient (Wildman–Crippen LogP) is 2.19. The predicted molar refractivity (Wildman–Crippen MR) is 85.7 cm³/mol. The number of nitrogens with one attached hydrogen (secondary N) is 1. The second-order valence-electron chi connectivity index (χ2n) is 6.25. The Kier molecular flexibility index (Phi) is 5.62. The molecule has 4 heteroatoms. The zero-order valence-corrected chi connectivity index (χ0v) is 13.4. The maximum absolute atomic E-state index is 10.3. The van der Waals surface area contributed by atoms with E-state index in [4.69, 9.17) is 4.74 Å². The molecule has 0 amide bonds. The highest BCUT2D eigenvalue weighted by molar-refractivity contribution is 5.29. The molecule has 0 heterocycles. The third-order valence-corrected chi connectivity index (χ3v) is 4.75. The van der Waals surface area contributed by atoms with Crippen LogP contribution in [0, 0.1) is 0 Å². The molecule has 1 fully saturated rings. The average Bonchev–Trinajstić information content (AvgIpc) is 2.97. The van der Waals surface area contributed by atoms with Gasteiger partial charge in [0.15, 0.2) is 0 Å². The normalized spacial score (nSPS) is 18.9. The minimum absolute atomic E-state index is 0.258. The molecule has 4 nitrogen and oxygen atoms in total. The first kappa shape index (κ1) is 16.3. The summed E-state index contributed by atoms with van der Waals surface area (Å²) in [5.41, 5.74) is 1.15. The van der Waals surface area contributed by atoms with Crippen molar-refractivity contribution in [1.29, 1.82) is 0 Å². The lowest BCUT2D eigenvalue weighted by atomic mass is 9.96. The molecular weight excluding hydrogens is 264 g/mol. The Morgan fingerprint density at radius 3 is 2.67 bits per heavy atom. The van der Waals surface area contributed by atoms with Gasteiger partial charge in [0.25, 0.3) is 0 Å². The van der Waals surface area contributed by atoms with Gasteiger partial charge in [0.05, 0.1) is 13.2 Å². The second kappa shape index (κ2) is 7.25. The van der Waals surface area contributed by atoms with E-state index in [0.717, 1.165) is 17.9 Å². The number of aliphatic hydroxyl groups excluding tert-OH is 1. The number of nitrogens with zero attached hydrogens (tertiary/aromatic N) is 1. The SMILES string of the molecule is COc1cccc(C(O)CNCC2(N(C)C)CCCC2)c1. The van der Waals surface area contributed by atoms with Crippen molar-refractivity contribution in [3.05, 3.63) is 29.8 Å². The quantitative estimate of drug-likeness (QED) is 0.808. The van der Waals surface area contributed by atoms with Crippen molar-refractivity contribution in [3.8, 4) is 5.75 Å². The van der Waals surface area contributed by atoms with E-state index in [2.05, 4.69) is 24.3 Å². The summed E-state index contributed by atoms with van der Waals surface area (Å²) in [6, 6.07) is 7.63. The number of methoxy groups -OCH3 is 1. The fourth-order valence-corrected chi connectivity index (χ4v) is 3.22. The maximum Gasteiger partial charge on any atom is 0.119 e. The molecule has 2 rings (SSSR count). The molecule has 118 valence electrons. The van der Waals surface area contributed by atoms with E-state index in [1.54, 1.807) is 7.11 Å². The van der Waals surface area contributed by atoms with Gasteiger partial charge in [-0.15, -0.1) is 0 Å². The van der Waals surface area contributed by atoms with Gasteiger partial charge in [-0.05, 0) is 44.6 Å². The third-order valence-electron chi connectivity index (χ3n) is 4.75. The van der Waals surface area contributed by atoms with Crippen LogP contribution >= 0.6 is 0 Å². The number of hydrogen-bond acceptors (Lipinski definition) is 4. The number of benzene rings is 1. The topological polar surface area (TPSA) is 44.7 Å². The molecule has 0 aromatic heterocycles. The van der Waals surface area contributed by atoms with Gasteiger partial charge in [0, 0.05) is 18.6 Å². The summed E-state index contributed by atoms with van der Waals surface area (Å²) in [7, 11) is 5.96. The van der Waals surface area contributed by atoms with Gasteiger partial charge in [-0.2, -0.15) is 0 Å². The van der Waals surface area contributed by atoms with Crippen molar-refractivity contribution in [1.82, 2.24) is 10.2 Å². The minimum atomic E-state index is -0.499. The fraction of sp³-hybridized carbons (Fsp3) is 0.647. The highest BCUT2D eigenvalue weighted by atomic mass is 16.5.